The van der Waals surface area contributed by atoms with E-state index in [0.29, 0.717) is 24.3 Å². The van der Waals surface area contributed by atoms with Crippen molar-refractivity contribution in [3.8, 4) is 0 Å². The van der Waals surface area contributed by atoms with Crippen LogP contribution in [0, 0.1) is 0 Å². The van der Waals surface area contributed by atoms with E-state index in [4.69, 9.17) is 0 Å². The van der Waals surface area contributed by atoms with Crippen LogP contribution < -0.4 is 5.32 Å². The van der Waals surface area contributed by atoms with Crippen molar-refractivity contribution in [1.82, 2.24) is 14.9 Å². The minimum atomic E-state index is -0.306. The fraction of sp³-hybridized carbons (Fsp3) is 0.300. The molecule has 0 atom stereocenters. The van der Waals surface area contributed by atoms with E-state index in [9.17, 15) is 9.59 Å². The van der Waals surface area contributed by atoms with E-state index in [1.165, 1.54) is 6.08 Å². The van der Waals surface area contributed by atoms with E-state index in [2.05, 4.69) is 35.7 Å². The van der Waals surface area contributed by atoms with Crippen LogP contribution in [-0.2, 0) is 17.8 Å². The molecule has 2 heterocycles. The third kappa shape index (κ3) is 3.79. The summed E-state index contributed by atoms with van der Waals surface area (Å²) in [5, 5.41) is 2.67. The maximum atomic E-state index is 12.8. The first-order chi connectivity index (χ1) is 12.5. The van der Waals surface area contributed by atoms with E-state index in [-0.39, 0.29) is 17.7 Å². The second-order valence-corrected chi connectivity index (χ2v) is 6.61. The average molecular weight is 350 g/mol. The number of aromatic nitrogens is 2. The Morgan fingerprint density at radius 2 is 2.15 bits per heavy atom. The number of amides is 2. The molecule has 1 N–H and O–H groups in total. The Morgan fingerprint density at radius 1 is 1.35 bits per heavy atom. The van der Waals surface area contributed by atoms with E-state index in [1.54, 1.807) is 29.2 Å². The minimum absolute atomic E-state index is 0.0710. The molecule has 0 spiro atoms. The van der Waals surface area contributed by atoms with Crippen LogP contribution in [0.3, 0.4) is 0 Å². The van der Waals surface area contributed by atoms with Crippen LogP contribution in [0.1, 0.15) is 47.2 Å². The molecule has 6 heteroatoms. The Morgan fingerprint density at radius 3 is 2.88 bits per heavy atom. The van der Waals surface area contributed by atoms with Gasteiger partial charge in [0.15, 0.2) is 0 Å². The number of carbonyl (C=O) groups is 2. The fourth-order valence-electron chi connectivity index (χ4n) is 2.89. The third-order valence-electron chi connectivity index (χ3n) is 4.32. The van der Waals surface area contributed by atoms with Gasteiger partial charge in [-0.05, 0) is 24.3 Å². The van der Waals surface area contributed by atoms with E-state index in [0.717, 1.165) is 23.5 Å². The maximum absolute atomic E-state index is 12.8. The number of rotatable bonds is 4. The topological polar surface area (TPSA) is 75.2 Å². The van der Waals surface area contributed by atoms with Crippen LogP contribution in [-0.4, -0.2) is 33.2 Å². The number of fused-ring (bicyclic) bond motifs is 1. The summed E-state index contributed by atoms with van der Waals surface area (Å²) in [7, 11) is 0. The van der Waals surface area contributed by atoms with Gasteiger partial charge in [0.2, 0.25) is 5.91 Å². The van der Waals surface area contributed by atoms with Crippen molar-refractivity contribution in [2.24, 2.45) is 0 Å². The molecule has 2 amide bonds. The van der Waals surface area contributed by atoms with Crippen molar-refractivity contribution in [2.45, 2.75) is 32.7 Å². The third-order valence-corrected chi connectivity index (χ3v) is 4.32. The van der Waals surface area contributed by atoms with Gasteiger partial charge in [0.05, 0.1) is 5.69 Å². The number of nitrogens with zero attached hydrogens (tertiary/aromatic N) is 3. The smallest absolute Gasteiger partial charge is 0.254 e. The van der Waals surface area contributed by atoms with Crippen molar-refractivity contribution in [1.29, 1.82) is 0 Å². The summed E-state index contributed by atoms with van der Waals surface area (Å²) in [5.41, 5.74) is 3.13. The van der Waals surface area contributed by atoms with Crippen LogP contribution >= 0.6 is 0 Å². The molecule has 0 unspecified atom stereocenters. The van der Waals surface area contributed by atoms with Gasteiger partial charge in [0, 0.05) is 48.4 Å². The Balaban J connectivity index is 1.76. The zero-order valence-corrected chi connectivity index (χ0v) is 15.0. The number of hydrogen-bond donors (Lipinski definition) is 1. The minimum Gasteiger partial charge on any atom is -0.334 e. The highest BCUT2D eigenvalue weighted by Crippen LogP contribution is 2.21. The molecule has 26 heavy (non-hydrogen) atoms. The largest absolute Gasteiger partial charge is 0.334 e. The summed E-state index contributed by atoms with van der Waals surface area (Å²) in [6.45, 7) is 8.67. The Labute approximate surface area is 153 Å². The summed E-state index contributed by atoms with van der Waals surface area (Å²) in [6, 6.07) is 6.92. The average Bonchev–Trinajstić information content (AvgIpc) is 2.66. The second-order valence-electron chi connectivity index (χ2n) is 6.61. The molecule has 2 aromatic rings. The maximum Gasteiger partial charge on any atom is 0.254 e. The SMILES string of the molecule is C=CC(=O)Nc1cccc(C(=O)N2CCc3nc(C(C)C)ncc3C2)c1. The first-order valence-corrected chi connectivity index (χ1v) is 8.65. The molecule has 0 radical (unpaired) electrons. The first kappa shape index (κ1) is 17.8. The van der Waals surface area contributed by atoms with Gasteiger partial charge in [-0.15, -0.1) is 0 Å². The Bertz CT molecular complexity index is 861. The number of anilines is 1. The van der Waals surface area contributed by atoms with E-state index < -0.39 is 0 Å². The van der Waals surface area contributed by atoms with Gasteiger partial charge in [-0.2, -0.15) is 0 Å². The highest BCUT2D eigenvalue weighted by atomic mass is 16.2. The van der Waals surface area contributed by atoms with Gasteiger partial charge in [-0.25, -0.2) is 9.97 Å². The van der Waals surface area contributed by atoms with Gasteiger partial charge in [-0.3, -0.25) is 9.59 Å². The zero-order valence-electron chi connectivity index (χ0n) is 15.0. The summed E-state index contributed by atoms with van der Waals surface area (Å²) in [4.78, 5) is 35.1. The quantitative estimate of drug-likeness (QED) is 0.860. The molecule has 1 aromatic heterocycles. The van der Waals surface area contributed by atoms with Crippen LogP contribution in [0.4, 0.5) is 5.69 Å². The lowest BCUT2D eigenvalue weighted by Gasteiger charge is -2.28. The second kappa shape index (κ2) is 7.47. The van der Waals surface area contributed by atoms with Crippen molar-refractivity contribution < 1.29 is 9.59 Å². The normalized spacial score (nSPS) is 13.3. The number of benzene rings is 1. The number of carbonyl (C=O) groups excluding carboxylic acids is 2. The molecule has 3 rings (SSSR count). The van der Waals surface area contributed by atoms with Gasteiger partial charge in [-0.1, -0.05) is 26.5 Å². The molecule has 6 nitrogen and oxygen atoms in total. The Kier molecular flexibility index (Phi) is 5.11. The van der Waals surface area contributed by atoms with Crippen LogP contribution in [0.5, 0.6) is 0 Å². The van der Waals surface area contributed by atoms with E-state index in [1.807, 2.05) is 6.20 Å². The summed E-state index contributed by atoms with van der Waals surface area (Å²) >= 11 is 0. The van der Waals surface area contributed by atoms with Gasteiger partial charge in [0.25, 0.3) is 5.91 Å². The monoisotopic (exact) mass is 350 g/mol. The molecule has 1 aromatic carbocycles. The first-order valence-electron chi connectivity index (χ1n) is 8.65. The molecule has 1 aliphatic rings. The number of nitrogens with one attached hydrogen (secondary N) is 1. The summed E-state index contributed by atoms with van der Waals surface area (Å²) in [5.74, 6) is 0.751. The van der Waals surface area contributed by atoms with Gasteiger partial charge >= 0.3 is 0 Å². The Hall–Kier alpha value is -3.02. The molecule has 0 bridgehead atoms. The van der Waals surface area contributed by atoms with Crippen molar-refractivity contribution in [3.05, 3.63) is 65.8 Å². The molecule has 0 saturated heterocycles. The molecular formula is C20H22N4O2. The lowest BCUT2D eigenvalue weighted by atomic mass is 10.0. The molecule has 0 fully saturated rings. The highest BCUT2D eigenvalue weighted by Gasteiger charge is 2.23. The predicted octanol–water partition coefficient (Wildman–Crippen LogP) is 2.92. The predicted molar refractivity (Wildman–Crippen MR) is 99.8 cm³/mol. The zero-order chi connectivity index (χ0) is 18.7. The molecule has 0 saturated carbocycles. The van der Waals surface area contributed by atoms with Gasteiger partial charge in [0.1, 0.15) is 5.82 Å². The van der Waals surface area contributed by atoms with Crippen LogP contribution in [0.25, 0.3) is 0 Å². The lowest BCUT2D eigenvalue weighted by molar-refractivity contribution is -0.111. The van der Waals surface area contributed by atoms with Crippen LogP contribution in [0.2, 0.25) is 0 Å². The van der Waals surface area contributed by atoms with Crippen molar-refractivity contribution >= 4 is 17.5 Å². The van der Waals surface area contributed by atoms with Crippen molar-refractivity contribution in [2.75, 3.05) is 11.9 Å². The van der Waals surface area contributed by atoms with Crippen molar-refractivity contribution in [3.63, 3.8) is 0 Å². The molecule has 0 aliphatic carbocycles. The van der Waals surface area contributed by atoms with E-state index >= 15 is 0 Å². The lowest BCUT2D eigenvalue weighted by Crippen LogP contribution is -2.36. The number of hydrogen-bond acceptors (Lipinski definition) is 4. The fourth-order valence-corrected chi connectivity index (χ4v) is 2.89. The van der Waals surface area contributed by atoms with Gasteiger partial charge < -0.3 is 10.2 Å². The van der Waals surface area contributed by atoms with Crippen LogP contribution in [0.15, 0.2) is 43.1 Å². The summed E-state index contributed by atoms with van der Waals surface area (Å²) < 4.78 is 0. The standard InChI is InChI=1S/C20H22N4O2/c1-4-18(25)22-16-7-5-6-14(10-16)20(26)24-9-8-17-15(12-24)11-21-19(23-17)13(2)3/h4-7,10-11,13H,1,8-9,12H2,2-3H3,(H,22,25). The molecule has 1 aliphatic heterocycles. The summed E-state index contributed by atoms with van der Waals surface area (Å²) in [6.07, 6.45) is 3.75. The molecular weight excluding hydrogens is 328 g/mol. The highest BCUT2D eigenvalue weighted by molar-refractivity contribution is 6.00. The molecule has 134 valence electrons.